The number of nitrogens with zero attached hydrogens (tertiary/aromatic N) is 4. The van der Waals surface area contributed by atoms with E-state index in [1.54, 1.807) is 13.8 Å². The van der Waals surface area contributed by atoms with Crippen molar-refractivity contribution in [1.29, 1.82) is 5.26 Å². The van der Waals surface area contributed by atoms with E-state index in [2.05, 4.69) is 16.1 Å². The number of benzene rings is 3. The third kappa shape index (κ3) is 10.3. The molecule has 19 heteroatoms. The van der Waals surface area contributed by atoms with E-state index in [-0.39, 0.29) is 78.0 Å². The Morgan fingerprint density at radius 2 is 1.42 bits per heavy atom. The highest BCUT2D eigenvalue weighted by molar-refractivity contribution is 7.44. The maximum atomic E-state index is 17.3. The van der Waals surface area contributed by atoms with Crippen molar-refractivity contribution >= 4 is 43.6 Å². The monoisotopic (exact) mass is 931 g/mol. The maximum Gasteiger partial charge on any atom is 0.471 e. The summed E-state index contributed by atoms with van der Waals surface area (Å²) in [5.74, 6) is -7.66. The molecule has 0 fully saturated rings. The molecule has 2 aliphatic heterocycles. The number of esters is 1. The van der Waals surface area contributed by atoms with Crippen LogP contribution < -0.4 is 19.9 Å². The van der Waals surface area contributed by atoms with Gasteiger partial charge < -0.3 is 33.6 Å². The minimum absolute atomic E-state index is 0.00827. The summed E-state index contributed by atoms with van der Waals surface area (Å²) in [6, 6.07) is 8.31. The van der Waals surface area contributed by atoms with Crippen molar-refractivity contribution in [3.8, 4) is 17.6 Å². The number of carbonyl (C=O) groups excluding carboxylic acids is 4. The Labute approximate surface area is 377 Å². The lowest BCUT2D eigenvalue weighted by atomic mass is 9.75. The number of alkyl halides is 3. The SMILES string of the molecule is CCN(C(C)=O)c1cc2c(cc1C)C1(OC(=O)c3c(F)cc(C(=O)NCCCCCCOP(OCCC#N)N(C(C)C)C(C)C)c(F)c31)c1cc(C)c(N(CC)C(=O)C(F)(F)F)cc1O2. The van der Waals surface area contributed by atoms with Gasteiger partial charge >= 0.3 is 18.1 Å². The summed E-state index contributed by atoms with van der Waals surface area (Å²) in [6.45, 7) is 16.2. The number of unbranched alkanes of at least 4 members (excludes halogenated alkanes) is 3. The Morgan fingerprint density at radius 1 is 0.862 bits per heavy atom. The standard InChI is InChI=1S/C46H55F5N5O8P/c1-10-54(30(9)57)35-24-37-32(21-28(35)7)45(33-22-29(8)36(25-38(33)63-37)55(11-2)44(60)46(49,50)51)40-39(43(59)64-45)34(47)23-31(41(40)48)42(58)53-18-14-12-13-15-19-61-65(62-20-16-17-52)56(26(3)4)27(5)6/h21-27H,10-16,18-20H2,1-9H3,(H,53,58). The fourth-order valence-corrected chi connectivity index (χ4v) is 9.96. The van der Waals surface area contributed by atoms with Gasteiger partial charge in [-0.3, -0.25) is 14.4 Å². The molecule has 3 amide bonds. The molecule has 2 unspecified atom stereocenters. The van der Waals surface area contributed by atoms with Crippen molar-refractivity contribution in [2.75, 3.05) is 42.6 Å². The van der Waals surface area contributed by atoms with E-state index in [1.807, 2.05) is 27.7 Å². The molecule has 1 N–H and O–H groups in total. The summed E-state index contributed by atoms with van der Waals surface area (Å²) in [5.41, 5.74) is -4.01. The second-order valence-corrected chi connectivity index (χ2v) is 17.7. The number of halogens is 5. The summed E-state index contributed by atoms with van der Waals surface area (Å²) < 4.78 is 101. The number of nitrogens with one attached hydrogen (secondary N) is 1. The van der Waals surface area contributed by atoms with Crippen LogP contribution >= 0.6 is 8.53 Å². The first kappa shape index (κ1) is 50.8. The molecule has 3 aromatic carbocycles. The predicted molar refractivity (Wildman–Crippen MR) is 234 cm³/mol. The number of anilines is 2. The second-order valence-electron chi connectivity index (χ2n) is 16.3. The van der Waals surface area contributed by atoms with Gasteiger partial charge in [0.25, 0.3) is 14.4 Å². The zero-order valence-electron chi connectivity index (χ0n) is 38.0. The molecule has 1 spiro atoms. The van der Waals surface area contributed by atoms with Gasteiger partial charge in [-0.2, -0.15) is 18.4 Å². The zero-order valence-corrected chi connectivity index (χ0v) is 38.9. The summed E-state index contributed by atoms with van der Waals surface area (Å²) in [4.78, 5) is 54.6. The summed E-state index contributed by atoms with van der Waals surface area (Å²) >= 11 is 0. The van der Waals surface area contributed by atoms with Gasteiger partial charge in [0.2, 0.25) is 5.91 Å². The molecule has 0 radical (unpaired) electrons. The van der Waals surface area contributed by atoms with Crippen LogP contribution in [0.3, 0.4) is 0 Å². The molecule has 0 aromatic heterocycles. The van der Waals surface area contributed by atoms with Crippen molar-refractivity contribution in [3.05, 3.63) is 80.9 Å². The molecule has 5 rings (SSSR count). The molecule has 3 aromatic rings. The molecule has 0 bridgehead atoms. The summed E-state index contributed by atoms with van der Waals surface area (Å²) in [6.07, 6.45) is -2.48. The third-order valence-corrected chi connectivity index (χ3v) is 13.2. The minimum atomic E-state index is -5.24. The highest BCUT2D eigenvalue weighted by atomic mass is 31.2. The number of fused-ring (bicyclic) bond motifs is 6. The van der Waals surface area contributed by atoms with Gasteiger partial charge in [-0.05, 0) is 97.6 Å². The van der Waals surface area contributed by atoms with E-state index in [0.29, 0.717) is 48.1 Å². The van der Waals surface area contributed by atoms with Gasteiger partial charge in [0.15, 0.2) is 5.60 Å². The fourth-order valence-electron chi connectivity index (χ4n) is 8.33. The Morgan fingerprint density at radius 3 is 1.94 bits per heavy atom. The summed E-state index contributed by atoms with van der Waals surface area (Å²) in [5, 5.41) is 11.6. The number of hydrogen-bond donors (Lipinski definition) is 1. The lowest BCUT2D eigenvalue weighted by molar-refractivity contribution is -0.170. The first-order chi connectivity index (χ1) is 30.7. The normalized spacial score (nSPS) is 15.6. The molecule has 0 aliphatic carbocycles. The third-order valence-electron chi connectivity index (χ3n) is 11.1. The number of rotatable bonds is 19. The van der Waals surface area contributed by atoms with Gasteiger partial charge in [-0.15, -0.1) is 0 Å². The average molecular weight is 932 g/mol. The highest BCUT2D eigenvalue weighted by Crippen LogP contribution is 2.59. The highest BCUT2D eigenvalue weighted by Gasteiger charge is 2.58. The zero-order chi connectivity index (χ0) is 48.1. The number of carbonyl (C=O) groups is 4. The average Bonchev–Trinajstić information content (AvgIpc) is 3.54. The van der Waals surface area contributed by atoms with Gasteiger partial charge in [0.05, 0.1) is 48.2 Å². The molecule has 65 heavy (non-hydrogen) atoms. The second kappa shape index (κ2) is 21.0. The lowest BCUT2D eigenvalue weighted by Gasteiger charge is -2.38. The van der Waals surface area contributed by atoms with Crippen molar-refractivity contribution in [3.63, 3.8) is 0 Å². The van der Waals surface area contributed by atoms with Crippen LogP contribution in [0.15, 0.2) is 30.3 Å². The number of ether oxygens (including phenoxy) is 2. The van der Waals surface area contributed by atoms with Crippen molar-refractivity contribution in [2.45, 2.75) is 118 Å². The van der Waals surface area contributed by atoms with Crippen LogP contribution in [0.5, 0.6) is 11.5 Å². The Balaban J connectivity index is 1.47. The van der Waals surface area contributed by atoms with E-state index in [0.717, 1.165) is 12.5 Å². The Kier molecular flexibility index (Phi) is 16.4. The van der Waals surface area contributed by atoms with Crippen LogP contribution in [0, 0.1) is 36.8 Å². The Hall–Kier alpha value is -5.21. The number of aryl methyl sites for hydroxylation is 2. The van der Waals surface area contributed by atoms with E-state index >= 15 is 8.78 Å². The van der Waals surface area contributed by atoms with E-state index in [1.165, 1.54) is 43.9 Å². The van der Waals surface area contributed by atoms with Crippen LogP contribution in [0.4, 0.5) is 33.3 Å². The Bertz CT molecular complexity index is 2350. The number of amides is 3. The lowest BCUT2D eigenvalue weighted by Crippen LogP contribution is -2.42. The van der Waals surface area contributed by atoms with Crippen molar-refractivity contribution < 1.29 is 59.7 Å². The fraction of sp³-hybridized carbons (Fsp3) is 0.500. The van der Waals surface area contributed by atoms with Crippen LogP contribution in [0.1, 0.15) is 129 Å². The van der Waals surface area contributed by atoms with Crippen LogP contribution in [-0.4, -0.2) is 79.5 Å². The molecular formula is C46H55F5N5O8P. The molecule has 352 valence electrons. The molecule has 0 saturated heterocycles. The molecule has 2 heterocycles. The van der Waals surface area contributed by atoms with E-state index in [9.17, 15) is 32.3 Å². The largest absolute Gasteiger partial charge is 0.471 e. The van der Waals surface area contributed by atoms with E-state index in [4.69, 9.17) is 23.8 Å². The molecule has 2 atom stereocenters. The van der Waals surface area contributed by atoms with Gasteiger partial charge in [-0.25, -0.2) is 18.2 Å². The first-order valence-corrected chi connectivity index (χ1v) is 22.7. The van der Waals surface area contributed by atoms with E-state index < -0.39 is 73.0 Å². The number of hydrogen-bond acceptors (Lipinski definition) is 10. The molecule has 2 aliphatic rings. The molecular weight excluding hydrogens is 876 g/mol. The minimum Gasteiger partial charge on any atom is -0.456 e. The molecule has 0 saturated carbocycles. The van der Waals surface area contributed by atoms with Crippen molar-refractivity contribution in [1.82, 2.24) is 9.99 Å². The summed E-state index contributed by atoms with van der Waals surface area (Å²) in [7, 11) is -1.39. The predicted octanol–water partition coefficient (Wildman–Crippen LogP) is 10.0. The van der Waals surface area contributed by atoms with Crippen molar-refractivity contribution in [2.24, 2.45) is 0 Å². The van der Waals surface area contributed by atoms with Gasteiger partial charge in [0, 0.05) is 61.9 Å². The smallest absolute Gasteiger partial charge is 0.456 e. The molecule has 13 nitrogen and oxygen atoms in total. The first-order valence-electron chi connectivity index (χ1n) is 21.6. The quantitative estimate of drug-likeness (QED) is 0.0533. The van der Waals surface area contributed by atoms with Crippen LogP contribution in [-0.2, 0) is 29.0 Å². The topological polar surface area (TPSA) is 151 Å². The van der Waals surface area contributed by atoms with Gasteiger partial charge in [-0.1, -0.05) is 12.8 Å². The number of nitriles is 1. The van der Waals surface area contributed by atoms with Crippen LogP contribution in [0.2, 0.25) is 0 Å². The van der Waals surface area contributed by atoms with Crippen LogP contribution in [0.25, 0.3) is 0 Å². The maximum absolute atomic E-state index is 17.3. The van der Waals surface area contributed by atoms with Gasteiger partial charge in [0.1, 0.15) is 28.7 Å².